The van der Waals surface area contributed by atoms with Gasteiger partial charge in [0.2, 0.25) is 0 Å². The fraction of sp³-hybridized carbons (Fsp3) is 0.0345. The smallest absolute Gasteiger partial charge is 0.335 e. The van der Waals surface area contributed by atoms with Crippen molar-refractivity contribution >= 4 is 23.9 Å². The SMILES string of the molecule is O=C([O-])c1ccc(C(c2ccc(C(=O)O)cc2)(c2ccc(C(=O)O)cc2)c2ccc(C(=O)O)cc2)cc1. The first-order chi connectivity index (χ1) is 17.6. The van der Waals surface area contributed by atoms with Crippen molar-refractivity contribution in [2.75, 3.05) is 0 Å². The zero-order valence-electron chi connectivity index (χ0n) is 19.1. The van der Waals surface area contributed by atoms with Gasteiger partial charge in [0, 0.05) is 0 Å². The van der Waals surface area contributed by atoms with Gasteiger partial charge in [-0.3, -0.25) is 0 Å². The van der Waals surface area contributed by atoms with Crippen LogP contribution in [0.1, 0.15) is 63.7 Å². The molecule has 3 N–H and O–H groups in total. The molecule has 0 spiro atoms. The van der Waals surface area contributed by atoms with Gasteiger partial charge in [0.05, 0.1) is 28.1 Å². The summed E-state index contributed by atoms with van der Waals surface area (Å²) in [6.07, 6.45) is 0. The van der Waals surface area contributed by atoms with E-state index in [0.29, 0.717) is 22.3 Å². The minimum atomic E-state index is -1.36. The van der Waals surface area contributed by atoms with Crippen LogP contribution < -0.4 is 5.11 Å². The highest BCUT2D eigenvalue weighted by atomic mass is 16.4. The molecule has 0 heterocycles. The van der Waals surface area contributed by atoms with Crippen molar-refractivity contribution in [2.24, 2.45) is 0 Å². The molecule has 8 nitrogen and oxygen atoms in total. The van der Waals surface area contributed by atoms with Crippen LogP contribution >= 0.6 is 0 Å². The zero-order valence-corrected chi connectivity index (χ0v) is 19.1. The molecule has 0 saturated carbocycles. The highest BCUT2D eigenvalue weighted by Gasteiger charge is 2.38. The zero-order chi connectivity index (χ0) is 26.7. The Morgan fingerprint density at radius 1 is 0.432 bits per heavy atom. The fourth-order valence-corrected chi connectivity index (χ4v) is 4.44. The maximum Gasteiger partial charge on any atom is 0.335 e. The maximum absolute atomic E-state index is 11.5. The van der Waals surface area contributed by atoms with Crippen LogP contribution in [0.4, 0.5) is 0 Å². The minimum absolute atomic E-state index is 0.0485. The molecule has 0 aliphatic heterocycles. The summed E-state index contributed by atoms with van der Waals surface area (Å²) in [6.45, 7) is 0. The van der Waals surface area contributed by atoms with E-state index in [4.69, 9.17) is 0 Å². The Kier molecular flexibility index (Phi) is 6.58. The monoisotopic (exact) mass is 495 g/mol. The third-order valence-corrected chi connectivity index (χ3v) is 6.25. The summed E-state index contributed by atoms with van der Waals surface area (Å²) in [4.78, 5) is 45.9. The molecule has 4 aromatic rings. The summed E-state index contributed by atoms with van der Waals surface area (Å²) < 4.78 is 0. The molecule has 0 radical (unpaired) electrons. The molecule has 0 bridgehead atoms. The number of carboxylic acids is 4. The average Bonchev–Trinajstić information content (AvgIpc) is 2.90. The Hall–Kier alpha value is -5.24. The summed E-state index contributed by atoms with van der Waals surface area (Å²) in [5, 5.41) is 39.6. The molecule has 0 amide bonds. The number of rotatable bonds is 8. The normalized spacial score (nSPS) is 11.0. The highest BCUT2D eigenvalue weighted by Crippen LogP contribution is 2.45. The molecule has 8 heteroatoms. The van der Waals surface area contributed by atoms with Crippen LogP contribution in [0.5, 0.6) is 0 Å². The van der Waals surface area contributed by atoms with Crippen LogP contribution in [0, 0.1) is 0 Å². The second-order valence-corrected chi connectivity index (χ2v) is 8.26. The first-order valence-corrected chi connectivity index (χ1v) is 11.0. The van der Waals surface area contributed by atoms with Gasteiger partial charge in [-0.2, -0.15) is 0 Å². The number of aromatic carboxylic acids is 4. The molecule has 4 aromatic carbocycles. The second-order valence-electron chi connectivity index (χ2n) is 8.26. The van der Waals surface area contributed by atoms with Gasteiger partial charge >= 0.3 is 17.9 Å². The third-order valence-electron chi connectivity index (χ3n) is 6.25. The van der Waals surface area contributed by atoms with Crippen molar-refractivity contribution in [3.63, 3.8) is 0 Å². The molecule has 0 aliphatic carbocycles. The molecule has 0 fully saturated rings. The Balaban J connectivity index is 2.09. The van der Waals surface area contributed by atoms with Gasteiger partial charge in [-0.25, -0.2) is 14.4 Å². The Labute approximate surface area is 210 Å². The van der Waals surface area contributed by atoms with E-state index < -0.39 is 29.3 Å². The quantitative estimate of drug-likeness (QED) is 0.314. The van der Waals surface area contributed by atoms with E-state index in [9.17, 15) is 39.6 Å². The van der Waals surface area contributed by atoms with Crippen molar-refractivity contribution in [3.05, 3.63) is 142 Å². The first-order valence-electron chi connectivity index (χ1n) is 11.0. The number of carbonyl (C=O) groups is 4. The van der Waals surface area contributed by atoms with Gasteiger partial charge in [0.25, 0.3) is 0 Å². The predicted molar refractivity (Wildman–Crippen MR) is 130 cm³/mol. The van der Waals surface area contributed by atoms with Crippen LogP contribution in [0.25, 0.3) is 0 Å². The van der Waals surface area contributed by atoms with Crippen LogP contribution in [0.3, 0.4) is 0 Å². The Morgan fingerprint density at radius 2 is 0.649 bits per heavy atom. The lowest BCUT2D eigenvalue weighted by Crippen LogP contribution is -2.31. The van der Waals surface area contributed by atoms with Gasteiger partial charge in [-0.05, 0) is 64.2 Å². The summed E-state index contributed by atoms with van der Waals surface area (Å²) in [7, 11) is 0. The third kappa shape index (κ3) is 4.55. The molecule has 184 valence electrons. The molecule has 0 aliphatic rings. The summed E-state index contributed by atoms with van der Waals surface area (Å²) in [6, 6.07) is 24.2. The van der Waals surface area contributed by atoms with Crippen molar-refractivity contribution in [1.82, 2.24) is 0 Å². The second kappa shape index (κ2) is 9.79. The van der Waals surface area contributed by atoms with E-state index in [-0.39, 0.29) is 22.3 Å². The molecular weight excluding hydrogens is 476 g/mol. The minimum Gasteiger partial charge on any atom is -0.545 e. The lowest BCUT2D eigenvalue weighted by molar-refractivity contribution is -0.255. The highest BCUT2D eigenvalue weighted by molar-refractivity contribution is 5.89. The molecule has 0 unspecified atom stereocenters. The summed E-state index contributed by atoms with van der Waals surface area (Å²) in [5.74, 6) is -4.72. The molecule has 37 heavy (non-hydrogen) atoms. The number of benzene rings is 4. The first kappa shape index (κ1) is 24.9. The standard InChI is InChI=1S/C29H20O8/c30-25(31)17-1-9-21(10-2-17)29(22-11-3-18(4-12-22)26(32)33,23-13-5-19(6-14-23)27(34)35)24-15-7-20(8-16-24)28(36)37/h1-16H,(H,30,31)(H,32,33)(H,34,35)(H,36,37)/p-1. The predicted octanol–water partition coefficient (Wildman–Crippen LogP) is 3.53. The summed E-state index contributed by atoms with van der Waals surface area (Å²) in [5.41, 5.74) is 1.23. The Bertz CT molecular complexity index is 1250. The summed E-state index contributed by atoms with van der Waals surface area (Å²) >= 11 is 0. The lowest BCUT2D eigenvalue weighted by atomic mass is 9.65. The van der Waals surface area contributed by atoms with Crippen LogP contribution in [-0.4, -0.2) is 39.2 Å². The fourth-order valence-electron chi connectivity index (χ4n) is 4.44. The number of hydrogen-bond donors (Lipinski definition) is 3. The molecule has 0 aromatic heterocycles. The maximum atomic E-state index is 11.5. The lowest BCUT2D eigenvalue weighted by Gasteiger charge is -2.37. The average molecular weight is 495 g/mol. The molecule has 4 rings (SSSR count). The van der Waals surface area contributed by atoms with Crippen molar-refractivity contribution in [1.29, 1.82) is 0 Å². The van der Waals surface area contributed by atoms with Gasteiger partial charge in [0.1, 0.15) is 0 Å². The van der Waals surface area contributed by atoms with E-state index in [0.717, 1.165) is 0 Å². The molecule has 0 atom stereocenters. The van der Waals surface area contributed by atoms with Crippen LogP contribution in [0.2, 0.25) is 0 Å². The van der Waals surface area contributed by atoms with Crippen molar-refractivity contribution in [3.8, 4) is 0 Å². The van der Waals surface area contributed by atoms with Gasteiger partial charge in [-0.1, -0.05) is 60.7 Å². The molecular formula is C29H19O8-. The van der Waals surface area contributed by atoms with Crippen molar-refractivity contribution < 1.29 is 39.6 Å². The van der Waals surface area contributed by atoms with E-state index in [1.165, 1.54) is 48.5 Å². The number of carboxylic acid groups (broad SMARTS) is 4. The Morgan fingerprint density at radius 3 is 0.838 bits per heavy atom. The van der Waals surface area contributed by atoms with Crippen molar-refractivity contribution in [2.45, 2.75) is 5.41 Å². The van der Waals surface area contributed by atoms with E-state index in [2.05, 4.69) is 0 Å². The van der Waals surface area contributed by atoms with E-state index in [1.807, 2.05) is 0 Å². The van der Waals surface area contributed by atoms with Gasteiger partial charge < -0.3 is 25.2 Å². The topological polar surface area (TPSA) is 152 Å². The van der Waals surface area contributed by atoms with Gasteiger partial charge in [-0.15, -0.1) is 0 Å². The number of carbonyl (C=O) groups excluding carboxylic acids is 1. The van der Waals surface area contributed by atoms with Crippen LogP contribution in [-0.2, 0) is 5.41 Å². The van der Waals surface area contributed by atoms with E-state index in [1.54, 1.807) is 48.5 Å². The van der Waals surface area contributed by atoms with E-state index >= 15 is 0 Å². The van der Waals surface area contributed by atoms with Gasteiger partial charge in [0.15, 0.2) is 0 Å². The van der Waals surface area contributed by atoms with Crippen LogP contribution in [0.15, 0.2) is 97.1 Å². The number of hydrogen-bond acceptors (Lipinski definition) is 5. The largest absolute Gasteiger partial charge is 0.545 e. The molecule has 0 saturated heterocycles.